The van der Waals surface area contributed by atoms with E-state index in [0.29, 0.717) is 10.2 Å². The molecule has 0 aliphatic heterocycles. The third-order valence-corrected chi connectivity index (χ3v) is 7.38. The number of carbonyl (C=O) groups excluding carboxylic acids is 2. The van der Waals surface area contributed by atoms with E-state index in [1.165, 1.54) is 17.6 Å². The molecule has 2 amide bonds. The smallest absolute Gasteiger partial charge is 0.407 e. The lowest BCUT2D eigenvalue weighted by Crippen LogP contribution is -2.51. The Labute approximate surface area is 233 Å². The van der Waals surface area contributed by atoms with Crippen LogP contribution in [-0.4, -0.2) is 55.9 Å². The van der Waals surface area contributed by atoms with E-state index in [2.05, 4.69) is 5.32 Å². The first-order chi connectivity index (χ1) is 19.1. The normalized spacial score (nSPS) is 12.2. The number of hydroxylamine groups is 2. The Balaban J connectivity index is 1.75. The van der Waals surface area contributed by atoms with E-state index in [-0.39, 0.29) is 24.5 Å². The third-order valence-electron chi connectivity index (χ3n) is 5.69. The molecule has 0 saturated carbocycles. The van der Waals surface area contributed by atoms with Crippen molar-refractivity contribution in [2.24, 2.45) is 0 Å². The molecule has 3 N–H and O–H groups in total. The number of methoxy groups -OCH3 is 1. The number of sulfonamides is 1. The molecule has 0 heterocycles. The average molecular weight is 572 g/mol. The Bertz CT molecular complexity index is 1350. The van der Waals surface area contributed by atoms with E-state index >= 15 is 0 Å². The Morgan fingerprint density at radius 2 is 1.52 bits per heavy atom. The predicted octanol–water partition coefficient (Wildman–Crippen LogP) is 3.88. The van der Waals surface area contributed by atoms with Gasteiger partial charge in [-0.15, -0.1) is 0 Å². The van der Waals surface area contributed by atoms with Gasteiger partial charge >= 0.3 is 6.09 Å². The molecular weight excluding hydrogens is 538 g/mol. The lowest BCUT2D eigenvalue weighted by Gasteiger charge is -2.30. The molecule has 0 aromatic heterocycles. The summed E-state index contributed by atoms with van der Waals surface area (Å²) in [6, 6.07) is 20.9. The number of amides is 2. The molecule has 3 aromatic carbocycles. The molecule has 3 rings (SSSR count). The van der Waals surface area contributed by atoms with Crippen molar-refractivity contribution in [2.45, 2.75) is 43.9 Å². The molecule has 3 aromatic rings. The number of nitrogens with zero attached hydrogens (tertiary/aromatic N) is 1. The second-order valence-electron chi connectivity index (χ2n) is 8.94. The van der Waals surface area contributed by atoms with Crippen LogP contribution in [0.15, 0.2) is 83.8 Å². The van der Waals surface area contributed by atoms with Gasteiger partial charge in [0.05, 0.1) is 18.1 Å². The monoisotopic (exact) mass is 571 g/mol. The first-order valence-corrected chi connectivity index (χ1v) is 13.9. The van der Waals surface area contributed by atoms with Gasteiger partial charge in [0.25, 0.3) is 15.9 Å². The molecule has 11 nitrogen and oxygen atoms in total. The number of hydrogen-bond acceptors (Lipinski definition) is 8. The van der Waals surface area contributed by atoms with Crippen molar-refractivity contribution in [3.63, 3.8) is 0 Å². The van der Waals surface area contributed by atoms with Crippen molar-refractivity contribution < 1.29 is 37.5 Å². The molecule has 0 spiro atoms. The van der Waals surface area contributed by atoms with Gasteiger partial charge in [0.2, 0.25) is 0 Å². The van der Waals surface area contributed by atoms with E-state index in [0.717, 1.165) is 16.7 Å². The van der Waals surface area contributed by atoms with Crippen LogP contribution in [0.3, 0.4) is 0 Å². The summed E-state index contributed by atoms with van der Waals surface area (Å²) in [6.07, 6.45) is -1.60. The number of benzene rings is 3. The van der Waals surface area contributed by atoms with Crippen LogP contribution in [-0.2, 0) is 31.0 Å². The summed E-state index contributed by atoms with van der Waals surface area (Å²) in [5.41, 5.74) is 3.89. The van der Waals surface area contributed by atoms with Gasteiger partial charge in [0.1, 0.15) is 18.4 Å². The highest BCUT2D eigenvalue weighted by Gasteiger charge is 2.38. The van der Waals surface area contributed by atoms with Gasteiger partial charge in [-0.25, -0.2) is 18.7 Å². The summed E-state index contributed by atoms with van der Waals surface area (Å²) in [4.78, 5) is 30.2. The molecular formula is C28H33N3O8S. The fraction of sp³-hybridized carbons (Fsp3) is 0.286. The van der Waals surface area contributed by atoms with E-state index in [4.69, 9.17) is 14.3 Å². The van der Waals surface area contributed by atoms with Gasteiger partial charge in [0, 0.05) is 6.54 Å². The number of alkyl carbamates (subject to hydrolysis) is 1. The topological polar surface area (TPSA) is 144 Å². The standard InChI is InChI=1S/C28H33N3O8S/c1-20(2)39-31(26(27(32)30-34)17-18-29-28(33)38-19-21-7-5-4-6-8-21)40(35,36)25-15-11-23(12-16-25)22-9-13-24(37-3)14-10-22/h4-16,20,26,34H,17-19H2,1-3H3,(H,29,33)(H,30,32)/t26-/m1/s1. The van der Waals surface area contributed by atoms with Crippen LogP contribution in [0, 0.1) is 0 Å². The van der Waals surface area contributed by atoms with E-state index in [9.17, 15) is 23.2 Å². The number of ether oxygens (including phenoxy) is 2. The van der Waals surface area contributed by atoms with Crippen LogP contribution >= 0.6 is 0 Å². The highest BCUT2D eigenvalue weighted by Crippen LogP contribution is 2.27. The Morgan fingerprint density at radius 3 is 2.08 bits per heavy atom. The molecule has 1 atom stereocenters. The molecule has 0 aliphatic carbocycles. The van der Waals surface area contributed by atoms with E-state index in [1.807, 2.05) is 30.3 Å². The lowest BCUT2D eigenvalue weighted by molar-refractivity contribution is -0.166. The first kappa shape index (κ1) is 30.6. The van der Waals surface area contributed by atoms with Crippen molar-refractivity contribution in [1.29, 1.82) is 0 Å². The zero-order valence-electron chi connectivity index (χ0n) is 22.4. The maximum absolute atomic E-state index is 13.6. The fourth-order valence-electron chi connectivity index (χ4n) is 3.70. The average Bonchev–Trinajstić information content (AvgIpc) is 2.97. The van der Waals surface area contributed by atoms with Gasteiger partial charge in [-0.05, 0) is 61.2 Å². The molecule has 0 fully saturated rings. The zero-order chi connectivity index (χ0) is 29.1. The highest BCUT2D eigenvalue weighted by atomic mass is 32.2. The number of rotatable bonds is 13. The number of carbonyl (C=O) groups is 2. The zero-order valence-corrected chi connectivity index (χ0v) is 23.3. The van der Waals surface area contributed by atoms with Crippen LogP contribution in [0.4, 0.5) is 4.79 Å². The van der Waals surface area contributed by atoms with Crippen LogP contribution in [0.5, 0.6) is 5.75 Å². The van der Waals surface area contributed by atoms with Gasteiger partial charge in [0.15, 0.2) is 0 Å². The Hall–Kier alpha value is -3.97. The van der Waals surface area contributed by atoms with Gasteiger partial charge in [-0.3, -0.25) is 14.8 Å². The maximum atomic E-state index is 13.6. The second-order valence-corrected chi connectivity index (χ2v) is 10.7. The minimum atomic E-state index is -4.38. The van der Waals surface area contributed by atoms with Crippen molar-refractivity contribution in [2.75, 3.05) is 13.7 Å². The van der Waals surface area contributed by atoms with Gasteiger partial charge in [-0.2, -0.15) is 0 Å². The molecule has 214 valence electrons. The van der Waals surface area contributed by atoms with Crippen LogP contribution in [0.25, 0.3) is 11.1 Å². The van der Waals surface area contributed by atoms with Gasteiger partial charge < -0.3 is 14.8 Å². The summed E-state index contributed by atoms with van der Waals surface area (Å²) in [6.45, 7) is 3.09. The number of hydrogen-bond donors (Lipinski definition) is 3. The largest absolute Gasteiger partial charge is 0.497 e. The predicted molar refractivity (Wildman–Crippen MR) is 147 cm³/mol. The summed E-state index contributed by atoms with van der Waals surface area (Å²) < 4.78 is 38.1. The molecule has 12 heteroatoms. The summed E-state index contributed by atoms with van der Waals surface area (Å²) in [7, 11) is -2.81. The van der Waals surface area contributed by atoms with Crippen LogP contribution in [0.2, 0.25) is 0 Å². The highest BCUT2D eigenvalue weighted by molar-refractivity contribution is 7.89. The summed E-state index contributed by atoms with van der Waals surface area (Å²) in [5.74, 6) is -0.338. The van der Waals surface area contributed by atoms with Crippen molar-refractivity contribution in [1.82, 2.24) is 15.3 Å². The molecule has 0 bridgehead atoms. The Morgan fingerprint density at radius 1 is 0.925 bits per heavy atom. The number of nitrogens with one attached hydrogen (secondary N) is 2. The quantitative estimate of drug-likeness (QED) is 0.207. The van der Waals surface area contributed by atoms with Crippen molar-refractivity contribution in [3.8, 4) is 16.9 Å². The molecule has 0 aliphatic rings. The van der Waals surface area contributed by atoms with E-state index < -0.39 is 34.2 Å². The van der Waals surface area contributed by atoms with E-state index in [1.54, 1.807) is 57.4 Å². The maximum Gasteiger partial charge on any atom is 0.407 e. The molecule has 40 heavy (non-hydrogen) atoms. The fourth-order valence-corrected chi connectivity index (χ4v) is 5.21. The Kier molecular flexibility index (Phi) is 11.0. The third kappa shape index (κ3) is 8.26. The SMILES string of the molecule is COc1ccc(-c2ccc(S(=O)(=O)N(OC(C)C)[C@H](CCNC(=O)OCc3ccccc3)C(=O)NO)cc2)cc1. The minimum absolute atomic E-state index is 0.0384. The summed E-state index contributed by atoms with van der Waals surface area (Å²) >= 11 is 0. The lowest BCUT2D eigenvalue weighted by atomic mass is 10.1. The van der Waals surface area contributed by atoms with Crippen molar-refractivity contribution in [3.05, 3.63) is 84.4 Å². The van der Waals surface area contributed by atoms with Crippen LogP contribution in [0.1, 0.15) is 25.8 Å². The molecule has 0 radical (unpaired) electrons. The second kappa shape index (κ2) is 14.4. The van der Waals surface area contributed by atoms with Crippen LogP contribution < -0.4 is 15.5 Å². The molecule has 0 saturated heterocycles. The van der Waals surface area contributed by atoms with Crippen molar-refractivity contribution >= 4 is 22.0 Å². The minimum Gasteiger partial charge on any atom is -0.497 e. The summed E-state index contributed by atoms with van der Waals surface area (Å²) in [5, 5.41) is 11.8. The molecule has 0 unspecified atom stereocenters. The van der Waals surface area contributed by atoms with Gasteiger partial charge in [-0.1, -0.05) is 59.1 Å². The first-order valence-electron chi connectivity index (χ1n) is 12.5.